The number of nitrogens with one attached hydrogen (secondary N) is 1. The van der Waals surface area contributed by atoms with E-state index in [9.17, 15) is 0 Å². The molecule has 0 amide bonds. The number of fused-ring (bicyclic) bond motifs is 1. The minimum atomic E-state index is 0.783. The molecule has 2 aromatic heterocycles. The van der Waals surface area contributed by atoms with Gasteiger partial charge in [-0.25, -0.2) is 15.0 Å². The van der Waals surface area contributed by atoms with Crippen molar-refractivity contribution in [2.45, 2.75) is 6.92 Å². The number of hydrogen-bond donors (Lipinski definition) is 1. The molecular formula is C8H11N5. The van der Waals surface area contributed by atoms with E-state index in [2.05, 4.69) is 26.9 Å². The van der Waals surface area contributed by atoms with Crippen molar-refractivity contribution in [1.29, 1.82) is 0 Å². The van der Waals surface area contributed by atoms with Crippen LogP contribution in [0.1, 0.15) is 6.92 Å². The molecule has 0 spiro atoms. The summed E-state index contributed by atoms with van der Waals surface area (Å²) in [6, 6.07) is 0. The van der Waals surface area contributed by atoms with Crippen molar-refractivity contribution >= 4 is 17.1 Å². The molecule has 2 aromatic rings. The number of H-pyrrole nitrogens is 1. The lowest BCUT2D eigenvalue weighted by atomic mass is 10.6. The van der Waals surface area contributed by atoms with Gasteiger partial charge in [0.1, 0.15) is 11.8 Å². The normalized spacial score (nSPS) is 10.6. The topological polar surface area (TPSA) is 57.7 Å². The summed E-state index contributed by atoms with van der Waals surface area (Å²) in [5, 5.41) is 0. The van der Waals surface area contributed by atoms with Gasteiger partial charge in [0.05, 0.1) is 6.20 Å². The molecule has 68 valence electrons. The van der Waals surface area contributed by atoms with Crippen LogP contribution in [-0.2, 0) is 0 Å². The molecule has 0 aliphatic carbocycles. The van der Waals surface area contributed by atoms with Gasteiger partial charge in [0.15, 0.2) is 5.65 Å². The highest BCUT2D eigenvalue weighted by Gasteiger charge is 2.05. The number of hydrogen-bond acceptors (Lipinski definition) is 4. The Kier molecular flexibility index (Phi) is 1.84. The maximum absolute atomic E-state index is 4.33. The molecule has 0 radical (unpaired) electrons. The van der Waals surface area contributed by atoms with Crippen molar-refractivity contribution in [1.82, 2.24) is 19.9 Å². The highest BCUT2D eigenvalue weighted by Crippen LogP contribution is 2.12. The Bertz CT molecular complexity index is 375. The van der Waals surface area contributed by atoms with Crippen LogP contribution in [0.4, 0.5) is 5.95 Å². The number of anilines is 1. The van der Waals surface area contributed by atoms with E-state index in [4.69, 9.17) is 0 Å². The predicted octanol–water partition coefficient (Wildman–Crippen LogP) is 0.809. The quantitative estimate of drug-likeness (QED) is 0.737. The molecule has 0 aliphatic rings. The van der Waals surface area contributed by atoms with Gasteiger partial charge in [0, 0.05) is 13.6 Å². The lowest BCUT2D eigenvalue weighted by Gasteiger charge is -2.11. The minimum Gasteiger partial charge on any atom is -0.346 e. The summed E-state index contributed by atoms with van der Waals surface area (Å²) in [7, 11) is 1.98. The standard InChI is InChI=1S/C8H11N5/c1-3-13(2)8-11-6-4-9-5-10-7(6)12-8/h4-5H,3H2,1-2H3,(H,9,10,11,12). The van der Waals surface area contributed by atoms with Crippen molar-refractivity contribution in [2.24, 2.45) is 0 Å². The first-order chi connectivity index (χ1) is 6.31. The molecule has 0 saturated carbocycles. The Morgan fingerprint density at radius 3 is 3.08 bits per heavy atom. The third kappa shape index (κ3) is 1.32. The second-order valence-electron chi connectivity index (χ2n) is 2.83. The lowest BCUT2D eigenvalue weighted by Crippen LogP contribution is -2.16. The van der Waals surface area contributed by atoms with E-state index in [0.29, 0.717) is 0 Å². The maximum Gasteiger partial charge on any atom is 0.204 e. The minimum absolute atomic E-state index is 0.783. The Morgan fingerprint density at radius 1 is 1.54 bits per heavy atom. The fraction of sp³-hybridized carbons (Fsp3) is 0.375. The monoisotopic (exact) mass is 177 g/mol. The second-order valence-corrected chi connectivity index (χ2v) is 2.83. The van der Waals surface area contributed by atoms with Gasteiger partial charge in [0.25, 0.3) is 0 Å². The summed E-state index contributed by atoms with van der Waals surface area (Å²) in [6.07, 6.45) is 3.21. The van der Waals surface area contributed by atoms with E-state index in [1.54, 1.807) is 6.20 Å². The lowest BCUT2D eigenvalue weighted by molar-refractivity contribution is 0.923. The largest absolute Gasteiger partial charge is 0.346 e. The summed E-state index contributed by atoms with van der Waals surface area (Å²) in [6.45, 7) is 2.98. The molecule has 0 atom stereocenters. The van der Waals surface area contributed by atoms with Crippen molar-refractivity contribution in [2.75, 3.05) is 18.5 Å². The molecule has 13 heavy (non-hydrogen) atoms. The SMILES string of the molecule is CCN(C)c1nc2cncnc2[nH]1. The molecule has 1 N–H and O–H groups in total. The Hall–Kier alpha value is -1.65. The number of imidazole rings is 1. The van der Waals surface area contributed by atoms with E-state index in [1.807, 2.05) is 11.9 Å². The first-order valence-corrected chi connectivity index (χ1v) is 4.18. The molecular weight excluding hydrogens is 166 g/mol. The molecule has 5 heteroatoms. The fourth-order valence-electron chi connectivity index (χ4n) is 1.08. The maximum atomic E-state index is 4.33. The van der Waals surface area contributed by atoms with Crippen LogP contribution < -0.4 is 4.90 Å². The van der Waals surface area contributed by atoms with Crippen LogP contribution in [-0.4, -0.2) is 33.5 Å². The van der Waals surface area contributed by atoms with Gasteiger partial charge in [-0.05, 0) is 6.92 Å². The van der Waals surface area contributed by atoms with Crippen molar-refractivity contribution in [3.05, 3.63) is 12.5 Å². The van der Waals surface area contributed by atoms with Gasteiger partial charge in [0.2, 0.25) is 5.95 Å². The van der Waals surface area contributed by atoms with E-state index < -0.39 is 0 Å². The van der Waals surface area contributed by atoms with Gasteiger partial charge >= 0.3 is 0 Å². The highest BCUT2D eigenvalue weighted by molar-refractivity contribution is 5.71. The molecule has 2 rings (SSSR count). The van der Waals surface area contributed by atoms with E-state index in [0.717, 1.165) is 23.7 Å². The summed E-state index contributed by atoms with van der Waals surface area (Å²) in [5.41, 5.74) is 1.59. The van der Waals surface area contributed by atoms with Crippen LogP contribution >= 0.6 is 0 Å². The van der Waals surface area contributed by atoms with Crippen LogP contribution in [0, 0.1) is 0 Å². The number of aromatic amines is 1. The first kappa shape index (κ1) is 7.97. The first-order valence-electron chi connectivity index (χ1n) is 4.18. The van der Waals surface area contributed by atoms with Gasteiger partial charge in [-0.15, -0.1) is 0 Å². The van der Waals surface area contributed by atoms with Crippen molar-refractivity contribution in [3.63, 3.8) is 0 Å². The third-order valence-corrected chi connectivity index (χ3v) is 1.99. The molecule has 0 aromatic carbocycles. The molecule has 0 saturated heterocycles. The number of nitrogens with zero attached hydrogens (tertiary/aromatic N) is 4. The van der Waals surface area contributed by atoms with Crippen LogP contribution in [0.2, 0.25) is 0 Å². The van der Waals surface area contributed by atoms with Crippen molar-refractivity contribution in [3.8, 4) is 0 Å². The summed E-state index contributed by atoms with van der Waals surface area (Å²) < 4.78 is 0. The molecule has 5 nitrogen and oxygen atoms in total. The second kappa shape index (κ2) is 3.01. The van der Waals surface area contributed by atoms with Crippen LogP contribution in [0.5, 0.6) is 0 Å². The average Bonchev–Trinajstić information content (AvgIpc) is 2.59. The zero-order valence-corrected chi connectivity index (χ0v) is 7.65. The average molecular weight is 177 g/mol. The number of aromatic nitrogens is 4. The van der Waals surface area contributed by atoms with Gasteiger partial charge in [-0.2, -0.15) is 0 Å². The van der Waals surface area contributed by atoms with Gasteiger partial charge in [-0.3, -0.25) is 0 Å². The Labute approximate surface area is 75.8 Å². The zero-order valence-electron chi connectivity index (χ0n) is 7.65. The van der Waals surface area contributed by atoms with Gasteiger partial charge < -0.3 is 9.88 Å². The molecule has 2 heterocycles. The smallest absolute Gasteiger partial charge is 0.204 e. The summed E-state index contributed by atoms with van der Waals surface area (Å²) in [5.74, 6) is 0.831. The van der Waals surface area contributed by atoms with Crippen LogP contribution in [0.25, 0.3) is 11.2 Å². The van der Waals surface area contributed by atoms with E-state index >= 15 is 0 Å². The number of rotatable bonds is 2. The fourth-order valence-corrected chi connectivity index (χ4v) is 1.08. The highest BCUT2D eigenvalue weighted by atomic mass is 15.2. The van der Waals surface area contributed by atoms with Crippen LogP contribution in [0.15, 0.2) is 12.5 Å². The molecule has 0 bridgehead atoms. The summed E-state index contributed by atoms with van der Waals surface area (Å²) in [4.78, 5) is 17.4. The summed E-state index contributed by atoms with van der Waals surface area (Å²) >= 11 is 0. The van der Waals surface area contributed by atoms with E-state index in [-0.39, 0.29) is 0 Å². The molecule has 0 unspecified atom stereocenters. The van der Waals surface area contributed by atoms with Gasteiger partial charge in [-0.1, -0.05) is 0 Å². The van der Waals surface area contributed by atoms with E-state index in [1.165, 1.54) is 6.33 Å². The Balaban J connectivity index is 2.49. The van der Waals surface area contributed by atoms with Crippen LogP contribution in [0.3, 0.4) is 0 Å². The van der Waals surface area contributed by atoms with Crippen molar-refractivity contribution < 1.29 is 0 Å². The predicted molar refractivity (Wildman–Crippen MR) is 50.6 cm³/mol. The molecule has 0 aliphatic heterocycles. The Morgan fingerprint density at radius 2 is 2.38 bits per heavy atom. The third-order valence-electron chi connectivity index (χ3n) is 1.99. The molecule has 0 fully saturated rings. The zero-order chi connectivity index (χ0) is 9.26.